The van der Waals surface area contributed by atoms with E-state index in [2.05, 4.69) is 29.2 Å². The van der Waals surface area contributed by atoms with E-state index < -0.39 is 0 Å². The van der Waals surface area contributed by atoms with Crippen LogP contribution in [-0.2, 0) is 6.42 Å². The molecule has 4 unspecified atom stereocenters. The number of benzene rings is 1. The maximum absolute atomic E-state index is 6.66. The van der Waals surface area contributed by atoms with Crippen molar-refractivity contribution in [1.29, 1.82) is 0 Å². The van der Waals surface area contributed by atoms with Gasteiger partial charge in [-0.2, -0.15) is 0 Å². The number of likely N-dealkylation sites (tertiary alicyclic amines) is 1. The molecule has 0 radical (unpaired) electrons. The first-order valence-corrected chi connectivity index (χ1v) is 8.44. The molecule has 4 atom stereocenters. The van der Waals surface area contributed by atoms with Crippen LogP contribution in [0.1, 0.15) is 55.7 Å². The minimum absolute atomic E-state index is 0.222. The predicted molar refractivity (Wildman–Crippen MR) is 82.5 cm³/mol. The average molecular weight is 270 g/mol. The molecule has 2 heteroatoms. The van der Waals surface area contributed by atoms with Gasteiger partial charge in [-0.1, -0.05) is 30.7 Å². The third kappa shape index (κ3) is 2.01. The van der Waals surface area contributed by atoms with Crippen LogP contribution in [0.2, 0.25) is 0 Å². The molecule has 2 nitrogen and oxygen atoms in total. The topological polar surface area (TPSA) is 29.3 Å². The van der Waals surface area contributed by atoms with Gasteiger partial charge >= 0.3 is 0 Å². The lowest BCUT2D eigenvalue weighted by molar-refractivity contribution is 0.0477. The Morgan fingerprint density at radius 1 is 0.950 bits per heavy atom. The number of piperidine rings is 1. The van der Waals surface area contributed by atoms with Gasteiger partial charge in [0.2, 0.25) is 0 Å². The summed E-state index contributed by atoms with van der Waals surface area (Å²) in [5, 5.41) is 0. The molecule has 1 aromatic rings. The molecule has 108 valence electrons. The highest BCUT2D eigenvalue weighted by Crippen LogP contribution is 2.41. The van der Waals surface area contributed by atoms with Gasteiger partial charge in [-0.15, -0.1) is 0 Å². The van der Waals surface area contributed by atoms with E-state index in [9.17, 15) is 0 Å². The fourth-order valence-electron chi connectivity index (χ4n) is 5.05. The fraction of sp³-hybridized carbons (Fsp3) is 0.667. The van der Waals surface area contributed by atoms with Crippen molar-refractivity contribution >= 4 is 0 Å². The van der Waals surface area contributed by atoms with Crippen molar-refractivity contribution in [3.8, 4) is 0 Å². The highest BCUT2D eigenvalue weighted by Gasteiger charge is 2.41. The molecular weight excluding hydrogens is 244 g/mol. The zero-order valence-electron chi connectivity index (χ0n) is 12.3. The van der Waals surface area contributed by atoms with E-state index in [0.717, 1.165) is 12.0 Å². The molecule has 1 heterocycles. The first-order chi connectivity index (χ1) is 9.84. The van der Waals surface area contributed by atoms with Crippen molar-refractivity contribution in [3.05, 3.63) is 35.4 Å². The summed E-state index contributed by atoms with van der Waals surface area (Å²) in [4.78, 5) is 2.81. The second-order valence-corrected chi connectivity index (χ2v) is 6.97. The van der Waals surface area contributed by atoms with Gasteiger partial charge in [0.15, 0.2) is 0 Å². The Balaban J connectivity index is 1.60. The van der Waals surface area contributed by atoms with Crippen LogP contribution in [0.5, 0.6) is 0 Å². The molecule has 3 aliphatic rings. The van der Waals surface area contributed by atoms with Crippen LogP contribution in [0.3, 0.4) is 0 Å². The van der Waals surface area contributed by atoms with Crippen molar-refractivity contribution in [2.45, 2.75) is 63.1 Å². The summed E-state index contributed by atoms with van der Waals surface area (Å²) in [7, 11) is 0. The second-order valence-electron chi connectivity index (χ2n) is 6.97. The van der Waals surface area contributed by atoms with E-state index in [4.69, 9.17) is 5.73 Å². The molecule has 0 aromatic heterocycles. The predicted octanol–water partition coefficient (Wildman–Crippen LogP) is 3.27. The van der Waals surface area contributed by atoms with Crippen LogP contribution in [0.15, 0.2) is 24.3 Å². The maximum atomic E-state index is 6.66. The largest absolute Gasteiger partial charge is 0.323 e. The third-order valence-corrected chi connectivity index (χ3v) is 6.00. The van der Waals surface area contributed by atoms with Crippen molar-refractivity contribution in [1.82, 2.24) is 4.90 Å². The number of fused-ring (bicyclic) bond motifs is 2. The van der Waals surface area contributed by atoms with Gasteiger partial charge in [-0.3, -0.25) is 4.90 Å². The molecule has 4 rings (SSSR count). The number of nitrogens with two attached hydrogens (primary N) is 1. The number of rotatable bonds is 1. The standard InChI is InChI=1S/C18H26N2/c19-18-15-8-2-1-5-13(15)10-11-17(18)20-12-4-7-14-6-3-9-16(14)20/h1-2,5,8,14,16-18H,3-4,6-7,9-12,19H2. The highest BCUT2D eigenvalue weighted by molar-refractivity contribution is 5.33. The SMILES string of the molecule is NC1c2ccccc2CCC1N1CCCC2CCCC21. The minimum Gasteiger partial charge on any atom is -0.323 e. The van der Waals surface area contributed by atoms with Crippen LogP contribution in [0.25, 0.3) is 0 Å². The second kappa shape index (κ2) is 5.16. The molecule has 2 aliphatic carbocycles. The fourth-order valence-corrected chi connectivity index (χ4v) is 5.05. The summed E-state index contributed by atoms with van der Waals surface area (Å²) in [6.45, 7) is 1.28. The first-order valence-electron chi connectivity index (χ1n) is 8.44. The van der Waals surface area contributed by atoms with Crippen LogP contribution < -0.4 is 5.73 Å². The summed E-state index contributed by atoms with van der Waals surface area (Å²) < 4.78 is 0. The summed E-state index contributed by atoms with van der Waals surface area (Å²) in [5.74, 6) is 0.966. The molecule has 0 amide bonds. The molecule has 1 aliphatic heterocycles. The van der Waals surface area contributed by atoms with Crippen LogP contribution in [-0.4, -0.2) is 23.5 Å². The van der Waals surface area contributed by atoms with Crippen LogP contribution >= 0.6 is 0 Å². The smallest absolute Gasteiger partial charge is 0.0456 e. The van der Waals surface area contributed by atoms with E-state index in [1.54, 1.807) is 0 Å². The molecule has 0 bridgehead atoms. The third-order valence-electron chi connectivity index (χ3n) is 6.00. The van der Waals surface area contributed by atoms with Gasteiger partial charge in [-0.25, -0.2) is 0 Å². The summed E-state index contributed by atoms with van der Waals surface area (Å²) >= 11 is 0. The van der Waals surface area contributed by atoms with Crippen LogP contribution in [0, 0.1) is 5.92 Å². The zero-order chi connectivity index (χ0) is 13.5. The lowest BCUT2D eigenvalue weighted by Crippen LogP contribution is -2.53. The number of hydrogen-bond acceptors (Lipinski definition) is 2. The quantitative estimate of drug-likeness (QED) is 0.848. The van der Waals surface area contributed by atoms with E-state index in [1.807, 2.05) is 0 Å². The van der Waals surface area contributed by atoms with Crippen molar-refractivity contribution < 1.29 is 0 Å². The normalized spacial score (nSPS) is 37.5. The van der Waals surface area contributed by atoms with Crippen molar-refractivity contribution in [2.24, 2.45) is 11.7 Å². The lowest BCUT2D eigenvalue weighted by atomic mass is 9.81. The van der Waals surface area contributed by atoms with Gasteiger partial charge in [0.25, 0.3) is 0 Å². The molecule has 0 spiro atoms. The Hall–Kier alpha value is -0.860. The minimum atomic E-state index is 0.222. The monoisotopic (exact) mass is 270 g/mol. The Morgan fingerprint density at radius 3 is 2.75 bits per heavy atom. The summed E-state index contributed by atoms with van der Waals surface area (Å²) in [5.41, 5.74) is 9.55. The molecule has 1 saturated heterocycles. The van der Waals surface area contributed by atoms with Crippen molar-refractivity contribution in [2.75, 3.05) is 6.54 Å². The highest BCUT2D eigenvalue weighted by atomic mass is 15.2. The molecule has 20 heavy (non-hydrogen) atoms. The van der Waals surface area contributed by atoms with Gasteiger partial charge in [0.1, 0.15) is 0 Å². The number of nitrogens with zero attached hydrogens (tertiary/aromatic N) is 1. The summed E-state index contributed by atoms with van der Waals surface area (Å²) in [6, 6.07) is 10.5. The Labute approximate surface area is 122 Å². The Kier molecular flexibility index (Phi) is 3.31. The van der Waals surface area contributed by atoms with E-state index in [-0.39, 0.29) is 6.04 Å². The lowest BCUT2D eigenvalue weighted by Gasteiger charge is -2.46. The molecule has 2 fully saturated rings. The Bertz CT molecular complexity index is 484. The van der Waals surface area contributed by atoms with E-state index >= 15 is 0 Å². The molecule has 1 aromatic carbocycles. The van der Waals surface area contributed by atoms with Gasteiger partial charge in [0.05, 0.1) is 0 Å². The van der Waals surface area contributed by atoms with Gasteiger partial charge in [-0.05, 0) is 62.1 Å². The number of aryl methyl sites for hydroxylation is 1. The maximum Gasteiger partial charge on any atom is 0.0456 e. The van der Waals surface area contributed by atoms with Crippen LogP contribution in [0.4, 0.5) is 0 Å². The molecule has 2 N–H and O–H groups in total. The molecular formula is C18H26N2. The van der Waals surface area contributed by atoms with E-state index in [0.29, 0.717) is 6.04 Å². The van der Waals surface area contributed by atoms with Crippen molar-refractivity contribution in [3.63, 3.8) is 0 Å². The number of hydrogen-bond donors (Lipinski definition) is 1. The average Bonchev–Trinajstić information content (AvgIpc) is 2.97. The first kappa shape index (κ1) is 12.8. The summed E-state index contributed by atoms with van der Waals surface area (Å²) in [6.07, 6.45) is 9.61. The Morgan fingerprint density at radius 2 is 1.80 bits per heavy atom. The van der Waals surface area contributed by atoms with Gasteiger partial charge < -0.3 is 5.73 Å². The van der Waals surface area contributed by atoms with Gasteiger partial charge in [0, 0.05) is 18.1 Å². The zero-order valence-corrected chi connectivity index (χ0v) is 12.3. The molecule has 1 saturated carbocycles. The van der Waals surface area contributed by atoms with E-state index in [1.165, 1.54) is 62.6 Å².